The van der Waals surface area contributed by atoms with Gasteiger partial charge in [0.2, 0.25) is 0 Å². The number of nitrogens with zero attached hydrogens (tertiary/aromatic N) is 3. The van der Waals surface area contributed by atoms with Crippen molar-refractivity contribution in [2.45, 2.75) is 33.4 Å². The number of hydrogen-bond acceptors (Lipinski definition) is 3. The highest BCUT2D eigenvalue weighted by molar-refractivity contribution is 5.94. The average molecular weight is 424 g/mol. The van der Waals surface area contributed by atoms with Crippen molar-refractivity contribution in [2.24, 2.45) is 4.99 Å². The van der Waals surface area contributed by atoms with Gasteiger partial charge in [0.15, 0.2) is 5.96 Å². The summed E-state index contributed by atoms with van der Waals surface area (Å²) in [5.74, 6) is 0.800. The molecule has 2 aromatic carbocycles. The Hall–Kier alpha value is -2.86. The summed E-state index contributed by atoms with van der Waals surface area (Å²) < 4.78 is 0. The first-order valence-electron chi connectivity index (χ1n) is 11.0. The second kappa shape index (κ2) is 12.7. The monoisotopic (exact) mass is 423 g/mol. The van der Waals surface area contributed by atoms with Gasteiger partial charge >= 0.3 is 0 Å². The molecule has 0 atom stereocenters. The first-order valence-corrected chi connectivity index (χ1v) is 11.0. The van der Waals surface area contributed by atoms with Gasteiger partial charge in [-0.3, -0.25) is 14.7 Å². The number of carbonyl (C=O) groups is 1. The van der Waals surface area contributed by atoms with Crippen LogP contribution in [0.4, 0.5) is 0 Å². The average Bonchev–Trinajstić information content (AvgIpc) is 2.79. The maximum absolute atomic E-state index is 12.2. The molecule has 0 saturated carbocycles. The van der Waals surface area contributed by atoms with Crippen LogP contribution in [-0.4, -0.2) is 62.4 Å². The number of benzene rings is 2. The normalized spacial score (nSPS) is 11.5. The minimum absolute atomic E-state index is 0.0238. The molecule has 0 radical (unpaired) electrons. The van der Waals surface area contributed by atoms with E-state index in [1.807, 2.05) is 24.3 Å². The topological polar surface area (TPSA) is 60.0 Å². The lowest BCUT2D eigenvalue weighted by atomic mass is 10.1. The minimum atomic E-state index is 0.0238. The molecule has 6 heteroatoms. The third-order valence-electron chi connectivity index (χ3n) is 5.36. The van der Waals surface area contributed by atoms with Crippen LogP contribution in [0.25, 0.3) is 0 Å². The molecule has 2 rings (SSSR count). The Morgan fingerprint density at radius 2 is 1.68 bits per heavy atom. The van der Waals surface area contributed by atoms with Gasteiger partial charge in [-0.25, -0.2) is 0 Å². The zero-order valence-corrected chi connectivity index (χ0v) is 19.6. The highest BCUT2D eigenvalue weighted by Gasteiger charge is 2.09. The number of carbonyl (C=O) groups excluding carboxylic acids is 1. The predicted molar refractivity (Wildman–Crippen MR) is 129 cm³/mol. The van der Waals surface area contributed by atoms with Crippen molar-refractivity contribution >= 4 is 11.9 Å². The van der Waals surface area contributed by atoms with E-state index in [-0.39, 0.29) is 5.91 Å². The first-order chi connectivity index (χ1) is 15.0. The van der Waals surface area contributed by atoms with Crippen LogP contribution in [-0.2, 0) is 19.5 Å². The van der Waals surface area contributed by atoms with Crippen LogP contribution < -0.4 is 10.6 Å². The molecule has 6 nitrogen and oxygen atoms in total. The fourth-order valence-corrected chi connectivity index (χ4v) is 3.42. The lowest BCUT2D eigenvalue weighted by molar-refractivity contribution is 0.0827. The van der Waals surface area contributed by atoms with Crippen LogP contribution in [0.15, 0.2) is 53.5 Å². The molecule has 168 valence electrons. The first kappa shape index (κ1) is 24.4. The van der Waals surface area contributed by atoms with E-state index in [9.17, 15) is 4.79 Å². The Labute approximate surface area is 187 Å². The third kappa shape index (κ3) is 7.72. The molecule has 0 aliphatic carbocycles. The Morgan fingerprint density at radius 3 is 2.32 bits per heavy atom. The van der Waals surface area contributed by atoms with Gasteiger partial charge in [0, 0.05) is 46.3 Å². The standard InChI is InChI=1S/C25H37N5O/c1-6-30(7-2)19-23-13-9-8-12-22(23)18-28-25(26-3)27-16-15-20-11-10-14-21(17-20)24(31)29(4)5/h8-14,17H,6-7,15-16,18-19H2,1-5H3,(H2,26,27,28). The van der Waals surface area contributed by atoms with Crippen molar-refractivity contribution in [1.82, 2.24) is 20.4 Å². The lowest BCUT2D eigenvalue weighted by Crippen LogP contribution is -2.38. The van der Waals surface area contributed by atoms with Gasteiger partial charge in [-0.15, -0.1) is 0 Å². The maximum atomic E-state index is 12.2. The smallest absolute Gasteiger partial charge is 0.253 e. The van der Waals surface area contributed by atoms with E-state index in [2.05, 4.69) is 58.6 Å². The summed E-state index contributed by atoms with van der Waals surface area (Å²) >= 11 is 0. The van der Waals surface area contributed by atoms with E-state index in [4.69, 9.17) is 0 Å². The Morgan fingerprint density at radius 1 is 0.968 bits per heavy atom. The van der Waals surface area contributed by atoms with Gasteiger partial charge < -0.3 is 15.5 Å². The number of rotatable bonds is 10. The summed E-state index contributed by atoms with van der Waals surface area (Å²) in [5.41, 5.74) is 4.47. The molecule has 31 heavy (non-hydrogen) atoms. The fourth-order valence-electron chi connectivity index (χ4n) is 3.42. The summed E-state index contributed by atoms with van der Waals surface area (Å²) in [6.45, 7) is 8.90. The minimum Gasteiger partial charge on any atom is -0.356 e. The quantitative estimate of drug-likeness (QED) is 0.455. The number of hydrogen-bond donors (Lipinski definition) is 2. The van der Waals surface area contributed by atoms with Crippen LogP contribution in [0, 0.1) is 0 Å². The second-order valence-corrected chi connectivity index (χ2v) is 7.73. The van der Waals surface area contributed by atoms with Crippen molar-refractivity contribution in [3.05, 3.63) is 70.8 Å². The molecular weight excluding hydrogens is 386 g/mol. The molecule has 0 fully saturated rings. The fraction of sp³-hybridized carbons (Fsp3) is 0.440. The van der Waals surface area contributed by atoms with Crippen molar-refractivity contribution < 1.29 is 4.79 Å². The van der Waals surface area contributed by atoms with E-state index >= 15 is 0 Å². The molecule has 0 aromatic heterocycles. The zero-order valence-electron chi connectivity index (χ0n) is 19.6. The number of nitrogens with one attached hydrogen (secondary N) is 2. The Bertz CT molecular complexity index is 858. The van der Waals surface area contributed by atoms with Crippen molar-refractivity contribution in [3.8, 4) is 0 Å². The summed E-state index contributed by atoms with van der Waals surface area (Å²) in [4.78, 5) is 20.5. The maximum Gasteiger partial charge on any atom is 0.253 e. The van der Waals surface area contributed by atoms with Crippen LogP contribution in [0.1, 0.15) is 40.9 Å². The van der Waals surface area contributed by atoms with Crippen molar-refractivity contribution in [3.63, 3.8) is 0 Å². The molecule has 0 aliphatic heterocycles. The number of aliphatic imine (C=N–C) groups is 1. The Kier molecular flexibility index (Phi) is 10.0. The molecular formula is C25H37N5O. The molecule has 0 unspecified atom stereocenters. The van der Waals surface area contributed by atoms with E-state index in [1.54, 1.807) is 26.0 Å². The van der Waals surface area contributed by atoms with E-state index in [0.717, 1.165) is 56.2 Å². The molecule has 0 bridgehead atoms. The predicted octanol–water partition coefficient (Wildman–Crippen LogP) is 3.14. The number of amides is 1. The number of guanidine groups is 1. The van der Waals surface area contributed by atoms with Crippen molar-refractivity contribution in [2.75, 3.05) is 40.8 Å². The van der Waals surface area contributed by atoms with Gasteiger partial charge in [0.1, 0.15) is 0 Å². The lowest BCUT2D eigenvalue weighted by Gasteiger charge is -2.20. The van der Waals surface area contributed by atoms with E-state index < -0.39 is 0 Å². The van der Waals surface area contributed by atoms with Gasteiger partial charge in [0.25, 0.3) is 5.91 Å². The summed E-state index contributed by atoms with van der Waals surface area (Å²) in [7, 11) is 5.33. The van der Waals surface area contributed by atoms with Crippen molar-refractivity contribution in [1.29, 1.82) is 0 Å². The Balaban J connectivity index is 1.89. The molecule has 0 aliphatic rings. The van der Waals surface area contributed by atoms with E-state index in [1.165, 1.54) is 11.1 Å². The largest absolute Gasteiger partial charge is 0.356 e. The van der Waals surface area contributed by atoms with Gasteiger partial charge in [-0.05, 0) is 48.3 Å². The molecule has 1 amide bonds. The van der Waals surface area contributed by atoms with Crippen LogP contribution >= 0.6 is 0 Å². The highest BCUT2D eigenvalue weighted by atomic mass is 16.2. The molecule has 0 heterocycles. The summed E-state index contributed by atoms with van der Waals surface area (Å²) in [6, 6.07) is 16.4. The molecule has 0 spiro atoms. The summed E-state index contributed by atoms with van der Waals surface area (Å²) in [5, 5.41) is 6.80. The van der Waals surface area contributed by atoms with Gasteiger partial charge in [0.05, 0.1) is 0 Å². The van der Waals surface area contributed by atoms with Gasteiger partial charge in [-0.1, -0.05) is 50.2 Å². The SMILES string of the molecule is CCN(CC)Cc1ccccc1CNC(=NC)NCCc1cccc(C(=O)N(C)C)c1. The van der Waals surface area contributed by atoms with Crippen LogP contribution in [0.3, 0.4) is 0 Å². The van der Waals surface area contributed by atoms with Crippen LogP contribution in [0.2, 0.25) is 0 Å². The van der Waals surface area contributed by atoms with Gasteiger partial charge in [-0.2, -0.15) is 0 Å². The molecule has 2 N–H and O–H groups in total. The second-order valence-electron chi connectivity index (χ2n) is 7.73. The highest BCUT2D eigenvalue weighted by Crippen LogP contribution is 2.12. The van der Waals surface area contributed by atoms with Crippen LogP contribution in [0.5, 0.6) is 0 Å². The molecule has 0 saturated heterocycles. The summed E-state index contributed by atoms with van der Waals surface area (Å²) in [6.07, 6.45) is 0.813. The zero-order chi connectivity index (χ0) is 22.6. The molecule has 2 aromatic rings. The third-order valence-corrected chi connectivity index (χ3v) is 5.36. The van der Waals surface area contributed by atoms with E-state index in [0.29, 0.717) is 0 Å².